The zero-order valence-electron chi connectivity index (χ0n) is 7.99. The van der Waals surface area contributed by atoms with E-state index in [1.807, 2.05) is 6.07 Å². The summed E-state index contributed by atoms with van der Waals surface area (Å²) in [4.78, 5) is 0. The molecule has 0 bridgehead atoms. The molecule has 0 radical (unpaired) electrons. The molecule has 0 amide bonds. The molecule has 2 nitrogen and oxygen atoms in total. The summed E-state index contributed by atoms with van der Waals surface area (Å²) >= 11 is 0. The van der Waals surface area contributed by atoms with E-state index in [-0.39, 0.29) is 5.75 Å². The van der Waals surface area contributed by atoms with E-state index in [2.05, 4.69) is 6.92 Å². The first-order chi connectivity index (χ1) is 6.33. The van der Waals surface area contributed by atoms with E-state index in [0.717, 1.165) is 18.8 Å². The average Bonchev–Trinajstić information content (AvgIpc) is 2.13. The lowest BCUT2D eigenvalue weighted by atomic mass is 10.3. The Hall–Kier alpha value is -1.18. The Morgan fingerprint density at radius 1 is 1.31 bits per heavy atom. The minimum atomic E-state index is 0.257. The average molecular weight is 180 g/mol. The van der Waals surface area contributed by atoms with Gasteiger partial charge in [-0.25, -0.2) is 0 Å². The molecule has 0 aliphatic heterocycles. The lowest BCUT2D eigenvalue weighted by Crippen LogP contribution is -1.96. The fraction of sp³-hybridized carbons (Fsp3) is 0.455. The number of hydrogen-bond donors (Lipinski definition) is 1. The monoisotopic (exact) mass is 180 g/mol. The second kappa shape index (κ2) is 5.46. The van der Waals surface area contributed by atoms with Gasteiger partial charge in [-0.05, 0) is 18.6 Å². The van der Waals surface area contributed by atoms with Gasteiger partial charge in [0.1, 0.15) is 11.5 Å². The largest absolute Gasteiger partial charge is 0.508 e. The van der Waals surface area contributed by atoms with Crippen molar-refractivity contribution in [1.29, 1.82) is 0 Å². The number of phenolic OH excluding ortho intramolecular Hbond substituents is 1. The van der Waals surface area contributed by atoms with E-state index in [4.69, 9.17) is 9.84 Å². The van der Waals surface area contributed by atoms with E-state index >= 15 is 0 Å². The van der Waals surface area contributed by atoms with Crippen LogP contribution in [0.3, 0.4) is 0 Å². The summed E-state index contributed by atoms with van der Waals surface area (Å²) in [7, 11) is 0. The number of ether oxygens (including phenoxy) is 1. The second-order valence-corrected chi connectivity index (χ2v) is 3.05. The van der Waals surface area contributed by atoms with Crippen LogP contribution in [0.4, 0.5) is 0 Å². The smallest absolute Gasteiger partial charge is 0.122 e. The maximum Gasteiger partial charge on any atom is 0.122 e. The van der Waals surface area contributed by atoms with Gasteiger partial charge in [0.05, 0.1) is 6.61 Å². The molecule has 1 rings (SSSR count). The van der Waals surface area contributed by atoms with Crippen LogP contribution in [0.25, 0.3) is 0 Å². The van der Waals surface area contributed by atoms with Crippen molar-refractivity contribution >= 4 is 0 Å². The number of hydrogen-bond acceptors (Lipinski definition) is 2. The van der Waals surface area contributed by atoms with Crippen LogP contribution in [-0.2, 0) is 0 Å². The predicted octanol–water partition coefficient (Wildman–Crippen LogP) is 2.96. The molecule has 2 heteroatoms. The lowest BCUT2D eigenvalue weighted by Gasteiger charge is -2.05. The summed E-state index contributed by atoms with van der Waals surface area (Å²) in [5, 5.41) is 9.14. The zero-order valence-corrected chi connectivity index (χ0v) is 7.99. The highest BCUT2D eigenvalue weighted by Gasteiger charge is 1.94. The number of aromatic hydroxyl groups is 1. The van der Waals surface area contributed by atoms with Gasteiger partial charge in [0.25, 0.3) is 0 Å². The molecule has 1 N–H and O–H groups in total. The molecule has 0 aromatic heterocycles. The van der Waals surface area contributed by atoms with Crippen LogP contribution in [0, 0.1) is 0 Å². The quantitative estimate of drug-likeness (QED) is 0.706. The first-order valence-corrected chi connectivity index (χ1v) is 4.74. The molecular formula is C11H16O2. The van der Waals surface area contributed by atoms with Gasteiger partial charge in [0.15, 0.2) is 0 Å². The molecule has 0 heterocycles. The van der Waals surface area contributed by atoms with Crippen molar-refractivity contribution in [3.05, 3.63) is 24.3 Å². The molecule has 0 fully saturated rings. The molecule has 0 saturated heterocycles. The van der Waals surface area contributed by atoms with E-state index < -0.39 is 0 Å². The van der Waals surface area contributed by atoms with Crippen molar-refractivity contribution < 1.29 is 9.84 Å². The van der Waals surface area contributed by atoms with Crippen LogP contribution in [0.2, 0.25) is 0 Å². The van der Waals surface area contributed by atoms with E-state index in [9.17, 15) is 0 Å². The molecule has 0 aliphatic rings. The Bertz CT molecular complexity index is 246. The van der Waals surface area contributed by atoms with Crippen molar-refractivity contribution in [3.63, 3.8) is 0 Å². The van der Waals surface area contributed by atoms with Crippen LogP contribution in [0.5, 0.6) is 11.5 Å². The first-order valence-electron chi connectivity index (χ1n) is 4.74. The van der Waals surface area contributed by atoms with Gasteiger partial charge < -0.3 is 9.84 Å². The lowest BCUT2D eigenvalue weighted by molar-refractivity contribution is 0.304. The highest BCUT2D eigenvalue weighted by atomic mass is 16.5. The fourth-order valence-electron chi connectivity index (χ4n) is 1.12. The van der Waals surface area contributed by atoms with Crippen molar-refractivity contribution in [3.8, 4) is 11.5 Å². The Morgan fingerprint density at radius 3 is 2.85 bits per heavy atom. The summed E-state index contributed by atoms with van der Waals surface area (Å²) in [6, 6.07) is 6.90. The standard InChI is InChI=1S/C11H16O2/c1-2-3-4-8-13-11-7-5-6-10(12)9-11/h5-7,9,12H,2-4,8H2,1H3. The maximum absolute atomic E-state index is 9.14. The highest BCUT2D eigenvalue weighted by Crippen LogP contribution is 2.17. The summed E-state index contributed by atoms with van der Waals surface area (Å²) in [6.07, 6.45) is 3.47. The fourth-order valence-corrected chi connectivity index (χ4v) is 1.12. The number of unbranched alkanes of at least 4 members (excludes halogenated alkanes) is 2. The SMILES string of the molecule is CCCCCOc1cccc(O)c1. The minimum Gasteiger partial charge on any atom is -0.508 e. The van der Waals surface area contributed by atoms with Crippen LogP contribution in [0.1, 0.15) is 26.2 Å². The van der Waals surface area contributed by atoms with Crippen molar-refractivity contribution in [1.82, 2.24) is 0 Å². The van der Waals surface area contributed by atoms with Crippen molar-refractivity contribution in [2.24, 2.45) is 0 Å². The van der Waals surface area contributed by atoms with Crippen molar-refractivity contribution in [2.45, 2.75) is 26.2 Å². The van der Waals surface area contributed by atoms with Crippen molar-refractivity contribution in [2.75, 3.05) is 6.61 Å². The minimum absolute atomic E-state index is 0.257. The van der Waals surface area contributed by atoms with E-state index in [0.29, 0.717) is 0 Å². The van der Waals surface area contributed by atoms with Crippen LogP contribution >= 0.6 is 0 Å². The van der Waals surface area contributed by atoms with Crippen LogP contribution < -0.4 is 4.74 Å². The molecule has 1 aromatic rings. The maximum atomic E-state index is 9.14. The van der Waals surface area contributed by atoms with E-state index in [1.165, 1.54) is 12.8 Å². The third-order valence-corrected chi connectivity index (χ3v) is 1.83. The van der Waals surface area contributed by atoms with Gasteiger partial charge in [-0.1, -0.05) is 25.8 Å². The normalized spacial score (nSPS) is 9.92. The summed E-state index contributed by atoms with van der Waals surface area (Å²) < 4.78 is 5.43. The molecule has 0 aliphatic carbocycles. The molecule has 0 saturated carbocycles. The van der Waals surface area contributed by atoms with Crippen LogP contribution in [0.15, 0.2) is 24.3 Å². The molecule has 1 aromatic carbocycles. The number of benzene rings is 1. The first kappa shape index (κ1) is 9.90. The van der Waals surface area contributed by atoms with Gasteiger partial charge in [0.2, 0.25) is 0 Å². The molecule has 72 valence electrons. The zero-order chi connectivity index (χ0) is 9.52. The summed E-state index contributed by atoms with van der Waals surface area (Å²) in [6.45, 7) is 2.89. The third kappa shape index (κ3) is 3.83. The molecule has 0 unspecified atom stereocenters. The summed E-state index contributed by atoms with van der Waals surface area (Å²) in [5.74, 6) is 1.00. The highest BCUT2D eigenvalue weighted by molar-refractivity contribution is 5.31. The molecular weight excluding hydrogens is 164 g/mol. The summed E-state index contributed by atoms with van der Waals surface area (Å²) in [5.41, 5.74) is 0. The topological polar surface area (TPSA) is 29.5 Å². The van der Waals surface area contributed by atoms with Gasteiger partial charge in [-0.15, -0.1) is 0 Å². The Morgan fingerprint density at radius 2 is 2.15 bits per heavy atom. The molecule has 0 atom stereocenters. The Balaban J connectivity index is 2.28. The van der Waals surface area contributed by atoms with Crippen LogP contribution in [-0.4, -0.2) is 11.7 Å². The number of phenols is 1. The predicted molar refractivity (Wildman–Crippen MR) is 53.1 cm³/mol. The molecule has 13 heavy (non-hydrogen) atoms. The third-order valence-electron chi connectivity index (χ3n) is 1.83. The van der Waals surface area contributed by atoms with Gasteiger partial charge in [0, 0.05) is 6.07 Å². The number of rotatable bonds is 5. The Labute approximate surface area is 79.2 Å². The van der Waals surface area contributed by atoms with Gasteiger partial charge >= 0.3 is 0 Å². The van der Waals surface area contributed by atoms with Gasteiger partial charge in [-0.2, -0.15) is 0 Å². The second-order valence-electron chi connectivity index (χ2n) is 3.05. The van der Waals surface area contributed by atoms with Gasteiger partial charge in [-0.3, -0.25) is 0 Å². The van der Waals surface area contributed by atoms with E-state index in [1.54, 1.807) is 18.2 Å². The molecule has 0 spiro atoms. The Kier molecular flexibility index (Phi) is 4.16.